The van der Waals surface area contributed by atoms with Gasteiger partial charge in [-0.15, -0.1) is 0 Å². The molecule has 7 heteroatoms. The summed E-state index contributed by atoms with van der Waals surface area (Å²) in [6.45, 7) is 2.25. The van der Waals surface area contributed by atoms with E-state index in [9.17, 15) is 4.79 Å². The highest BCUT2D eigenvalue weighted by atomic mass is 35.6. The van der Waals surface area contributed by atoms with Crippen LogP contribution in [0.1, 0.15) is 90.4 Å². The summed E-state index contributed by atoms with van der Waals surface area (Å²) in [5.41, 5.74) is 0.645. The molecule has 0 aliphatic rings. The van der Waals surface area contributed by atoms with Gasteiger partial charge in [0.1, 0.15) is 11.9 Å². The molecular weight excluding hydrogens is 455 g/mol. The van der Waals surface area contributed by atoms with Crippen LogP contribution in [0.4, 0.5) is 5.69 Å². The second-order valence-corrected chi connectivity index (χ2v) is 10.4. The van der Waals surface area contributed by atoms with Crippen molar-refractivity contribution in [1.29, 1.82) is 0 Å². The normalized spacial score (nSPS) is 12.4. The van der Waals surface area contributed by atoms with E-state index in [2.05, 4.69) is 17.6 Å². The van der Waals surface area contributed by atoms with Crippen LogP contribution < -0.4 is 15.4 Å². The molecule has 1 rings (SSSR count). The lowest BCUT2D eigenvalue weighted by Gasteiger charge is -2.28. The van der Waals surface area contributed by atoms with Crippen LogP contribution in [0.3, 0.4) is 0 Å². The van der Waals surface area contributed by atoms with Gasteiger partial charge < -0.3 is 15.4 Å². The van der Waals surface area contributed by atoms with Gasteiger partial charge in [0.25, 0.3) is 0 Å². The van der Waals surface area contributed by atoms with Crippen molar-refractivity contribution < 1.29 is 9.53 Å². The summed E-state index contributed by atoms with van der Waals surface area (Å²) in [5, 5.41) is 5.86. The van der Waals surface area contributed by atoms with E-state index < -0.39 is 9.96 Å². The lowest BCUT2D eigenvalue weighted by molar-refractivity contribution is -0.121. The number of carbonyl (C=O) groups is 1. The van der Waals surface area contributed by atoms with Crippen molar-refractivity contribution in [1.82, 2.24) is 5.32 Å². The Morgan fingerprint density at radius 2 is 1.42 bits per heavy atom. The Morgan fingerprint density at radius 1 is 0.903 bits per heavy atom. The van der Waals surface area contributed by atoms with Crippen LogP contribution in [0.5, 0.6) is 5.75 Å². The van der Waals surface area contributed by atoms with Gasteiger partial charge in [0.05, 0.1) is 12.8 Å². The quantitative estimate of drug-likeness (QED) is 0.131. The molecule has 2 N–H and O–H groups in total. The standard InChI is InChI=1S/C24H39Cl3N2O2/c1-3-4-5-6-7-8-9-10-11-12-13-14-19-22(30)29-23(24(25,26)27)28-20-17-15-16-18-21(20)31-2/h15-18,23,28H,3-14,19H2,1-2H3,(H,29,30)/t23-/m1/s1. The molecule has 1 amide bonds. The zero-order valence-electron chi connectivity index (χ0n) is 19.0. The molecule has 0 radical (unpaired) electrons. The van der Waals surface area contributed by atoms with Gasteiger partial charge in [0.2, 0.25) is 9.70 Å². The number of hydrogen-bond donors (Lipinski definition) is 2. The van der Waals surface area contributed by atoms with E-state index in [-0.39, 0.29) is 5.91 Å². The molecule has 0 aliphatic heterocycles. The molecule has 0 heterocycles. The number of benzene rings is 1. The number of anilines is 1. The molecule has 4 nitrogen and oxygen atoms in total. The minimum Gasteiger partial charge on any atom is -0.495 e. The van der Waals surface area contributed by atoms with Crippen LogP contribution in [0.15, 0.2) is 24.3 Å². The first-order valence-electron chi connectivity index (χ1n) is 11.6. The number of rotatable bonds is 17. The average Bonchev–Trinajstić information content (AvgIpc) is 2.73. The third-order valence-corrected chi connectivity index (χ3v) is 5.95. The van der Waals surface area contributed by atoms with Crippen LogP contribution in [0.25, 0.3) is 0 Å². The van der Waals surface area contributed by atoms with E-state index in [1.807, 2.05) is 12.1 Å². The fourth-order valence-electron chi connectivity index (χ4n) is 3.48. The van der Waals surface area contributed by atoms with Gasteiger partial charge in [0, 0.05) is 6.42 Å². The SMILES string of the molecule is CCCCCCCCCCCCCCC(=O)N[C@@H](Nc1ccccc1OC)C(Cl)(Cl)Cl. The van der Waals surface area contributed by atoms with Gasteiger partial charge in [0.15, 0.2) is 0 Å². The first-order valence-corrected chi connectivity index (χ1v) is 12.8. The molecule has 0 aromatic heterocycles. The Balaban J connectivity index is 2.22. The van der Waals surface area contributed by atoms with Gasteiger partial charge in [-0.05, 0) is 18.6 Å². The maximum Gasteiger partial charge on any atom is 0.228 e. The van der Waals surface area contributed by atoms with Gasteiger partial charge in [-0.1, -0.05) is 124 Å². The van der Waals surface area contributed by atoms with Crippen molar-refractivity contribution in [3.05, 3.63) is 24.3 Å². The van der Waals surface area contributed by atoms with Crippen LogP contribution in [0.2, 0.25) is 0 Å². The van der Waals surface area contributed by atoms with Gasteiger partial charge in [-0.25, -0.2) is 0 Å². The van der Waals surface area contributed by atoms with Crippen molar-refractivity contribution in [2.24, 2.45) is 0 Å². The Labute approximate surface area is 203 Å². The maximum atomic E-state index is 12.4. The monoisotopic (exact) mass is 492 g/mol. The molecule has 31 heavy (non-hydrogen) atoms. The number of nitrogens with one attached hydrogen (secondary N) is 2. The third-order valence-electron chi connectivity index (χ3n) is 5.30. The summed E-state index contributed by atoms with van der Waals surface area (Å²) in [4.78, 5) is 12.4. The Bertz CT molecular complexity index is 609. The first kappa shape index (κ1) is 28.2. The minimum atomic E-state index is -1.70. The minimum absolute atomic E-state index is 0.134. The molecule has 0 fully saturated rings. The van der Waals surface area contributed by atoms with E-state index in [1.165, 1.54) is 57.8 Å². The van der Waals surface area contributed by atoms with E-state index in [4.69, 9.17) is 39.5 Å². The lowest BCUT2D eigenvalue weighted by atomic mass is 10.0. The number of para-hydroxylation sites is 2. The molecule has 1 aromatic rings. The highest BCUT2D eigenvalue weighted by Crippen LogP contribution is 2.33. The number of carbonyl (C=O) groups excluding carboxylic acids is 1. The topological polar surface area (TPSA) is 50.4 Å². The van der Waals surface area contributed by atoms with Crippen molar-refractivity contribution in [2.45, 2.75) is 100 Å². The number of ether oxygens (including phenoxy) is 1. The van der Waals surface area contributed by atoms with Crippen LogP contribution >= 0.6 is 34.8 Å². The highest BCUT2D eigenvalue weighted by molar-refractivity contribution is 6.68. The molecule has 0 aliphatic carbocycles. The van der Waals surface area contributed by atoms with Gasteiger partial charge >= 0.3 is 0 Å². The molecule has 0 saturated heterocycles. The summed E-state index contributed by atoms with van der Waals surface area (Å²) in [6, 6.07) is 7.29. The van der Waals surface area contributed by atoms with Crippen molar-refractivity contribution >= 4 is 46.4 Å². The number of halogens is 3. The molecule has 0 saturated carbocycles. The second-order valence-electron chi connectivity index (χ2n) is 8.03. The van der Waals surface area contributed by atoms with E-state index in [1.54, 1.807) is 19.2 Å². The molecule has 1 atom stereocenters. The van der Waals surface area contributed by atoms with Crippen molar-refractivity contribution in [3.63, 3.8) is 0 Å². The summed E-state index contributed by atoms with van der Waals surface area (Å²) in [7, 11) is 1.57. The summed E-state index contributed by atoms with van der Waals surface area (Å²) >= 11 is 18.2. The zero-order valence-corrected chi connectivity index (χ0v) is 21.3. The molecule has 0 unspecified atom stereocenters. The maximum absolute atomic E-state index is 12.4. The average molecular weight is 494 g/mol. The zero-order chi connectivity index (χ0) is 23.0. The molecular formula is C24H39Cl3N2O2. The smallest absolute Gasteiger partial charge is 0.228 e. The Kier molecular flexibility index (Phi) is 15.2. The van der Waals surface area contributed by atoms with Gasteiger partial charge in [-0.3, -0.25) is 4.79 Å². The van der Waals surface area contributed by atoms with Crippen LogP contribution in [0, 0.1) is 0 Å². The number of amides is 1. The summed E-state index contributed by atoms with van der Waals surface area (Å²) < 4.78 is 3.61. The molecule has 0 bridgehead atoms. The Hall–Kier alpha value is -0.840. The third kappa shape index (κ3) is 13.3. The van der Waals surface area contributed by atoms with Crippen molar-refractivity contribution in [3.8, 4) is 5.75 Å². The van der Waals surface area contributed by atoms with Crippen LogP contribution in [-0.2, 0) is 4.79 Å². The number of methoxy groups -OCH3 is 1. The predicted molar refractivity (Wildman–Crippen MR) is 135 cm³/mol. The first-order chi connectivity index (χ1) is 14.9. The fourth-order valence-corrected chi connectivity index (χ4v) is 3.81. The molecule has 178 valence electrons. The fraction of sp³-hybridized carbons (Fsp3) is 0.708. The second kappa shape index (κ2) is 16.7. The van der Waals surface area contributed by atoms with Gasteiger partial charge in [-0.2, -0.15) is 0 Å². The van der Waals surface area contributed by atoms with E-state index >= 15 is 0 Å². The molecule has 1 aromatic carbocycles. The predicted octanol–water partition coefficient (Wildman–Crippen LogP) is 8.01. The summed E-state index contributed by atoms with van der Waals surface area (Å²) in [6.07, 6.45) is 14.6. The van der Waals surface area contributed by atoms with E-state index in [0.29, 0.717) is 17.9 Å². The Morgan fingerprint density at radius 3 is 1.94 bits per heavy atom. The highest BCUT2D eigenvalue weighted by Gasteiger charge is 2.34. The lowest BCUT2D eigenvalue weighted by Crippen LogP contribution is -2.49. The van der Waals surface area contributed by atoms with Crippen molar-refractivity contribution in [2.75, 3.05) is 12.4 Å². The van der Waals surface area contributed by atoms with Crippen LogP contribution in [-0.4, -0.2) is 23.0 Å². The number of unbranched alkanes of at least 4 members (excludes halogenated alkanes) is 11. The summed E-state index contributed by atoms with van der Waals surface area (Å²) in [5.74, 6) is 0.475. The molecule has 0 spiro atoms. The largest absolute Gasteiger partial charge is 0.495 e. The number of hydrogen-bond acceptors (Lipinski definition) is 3. The van der Waals surface area contributed by atoms with E-state index in [0.717, 1.165) is 19.3 Å². The number of alkyl halides is 3.